The summed E-state index contributed by atoms with van der Waals surface area (Å²) in [4.78, 5) is 14.1. The molecule has 1 aromatic carbocycles. The second kappa shape index (κ2) is 4.38. The zero-order valence-electron chi connectivity index (χ0n) is 10.3. The third-order valence-electron chi connectivity index (χ3n) is 3.42. The van der Waals surface area contributed by atoms with Crippen molar-refractivity contribution in [1.29, 1.82) is 0 Å². The predicted molar refractivity (Wildman–Crippen MR) is 65.8 cm³/mol. The lowest BCUT2D eigenvalue weighted by atomic mass is 9.85. The van der Waals surface area contributed by atoms with Crippen molar-refractivity contribution in [3.8, 4) is 0 Å². The van der Waals surface area contributed by atoms with E-state index in [0.717, 1.165) is 13.0 Å². The highest BCUT2D eigenvalue weighted by atomic mass is 16.1. The van der Waals surface area contributed by atoms with Gasteiger partial charge in [0.05, 0.1) is 6.54 Å². The minimum Gasteiger partial charge on any atom is -0.299 e. The average molecular weight is 217 g/mol. The number of likely N-dealkylation sites (tertiary alicyclic amines) is 1. The molecule has 0 bridgehead atoms. The van der Waals surface area contributed by atoms with Crippen molar-refractivity contribution >= 4 is 5.78 Å². The topological polar surface area (TPSA) is 20.3 Å². The van der Waals surface area contributed by atoms with Gasteiger partial charge in [-0.2, -0.15) is 0 Å². The zero-order valence-corrected chi connectivity index (χ0v) is 10.3. The van der Waals surface area contributed by atoms with Crippen LogP contribution in [0.15, 0.2) is 18.2 Å². The van der Waals surface area contributed by atoms with Gasteiger partial charge in [-0.25, -0.2) is 0 Å². The lowest BCUT2D eigenvalue weighted by Crippen LogP contribution is -2.37. The molecule has 86 valence electrons. The summed E-state index contributed by atoms with van der Waals surface area (Å²) in [5.41, 5.74) is 3.72. The summed E-state index contributed by atoms with van der Waals surface area (Å²) < 4.78 is 0. The van der Waals surface area contributed by atoms with Crippen molar-refractivity contribution in [2.45, 2.75) is 26.2 Å². The Hall–Kier alpha value is -1.15. The molecule has 0 amide bonds. The monoisotopic (exact) mass is 217 g/mol. The number of Topliss-reactive ketones (excluding diaryl/α,β-unsaturated/α-hetero) is 1. The van der Waals surface area contributed by atoms with E-state index in [2.05, 4.69) is 36.9 Å². The van der Waals surface area contributed by atoms with Crippen molar-refractivity contribution in [1.82, 2.24) is 4.90 Å². The third kappa shape index (κ3) is 2.17. The summed E-state index contributed by atoms with van der Waals surface area (Å²) in [5.74, 6) is 0.485. The van der Waals surface area contributed by atoms with Crippen molar-refractivity contribution in [2.24, 2.45) is 0 Å². The number of carbonyl (C=O) groups is 1. The number of hydrogen-bond donors (Lipinski definition) is 0. The van der Waals surface area contributed by atoms with Gasteiger partial charge in [0.25, 0.3) is 0 Å². The van der Waals surface area contributed by atoms with Gasteiger partial charge in [-0.1, -0.05) is 23.8 Å². The average Bonchev–Trinajstić information content (AvgIpc) is 2.22. The Labute approximate surface area is 97.3 Å². The molecule has 0 radical (unpaired) electrons. The Kier molecular flexibility index (Phi) is 3.10. The number of likely N-dealkylation sites (N-methyl/N-ethyl adjacent to an activating group) is 1. The quantitative estimate of drug-likeness (QED) is 0.719. The molecule has 0 saturated carbocycles. The van der Waals surface area contributed by atoms with Crippen LogP contribution in [0.3, 0.4) is 0 Å². The van der Waals surface area contributed by atoms with E-state index in [4.69, 9.17) is 0 Å². The summed E-state index contributed by atoms with van der Waals surface area (Å²) in [6.45, 7) is 5.80. The number of nitrogens with zero attached hydrogens (tertiary/aromatic N) is 1. The second-order valence-corrected chi connectivity index (χ2v) is 4.91. The van der Waals surface area contributed by atoms with E-state index < -0.39 is 0 Å². The lowest BCUT2D eigenvalue weighted by molar-refractivity contribution is -0.123. The number of benzene rings is 1. The van der Waals surface area contributed by atoms with Gasteiger partial charge < -0.3 is 0 Å². The molecule has 0 spiro atoms. The van der Waals surface area contributed by atoms with Gasteiger partial charge >= 0.3 is 0 Å². The predicted octanol–water partition coefficient (Wildman–Crippen LogP) is 2.29. The van der Waals surface area contributed by atoms with Crippen LogP contribution in [0.25, 0.3) is 0 Å². The molecule has 1 aliphatic heterocycles. The van der Waals surface area contributed by atoms with Crippen molar-refractivity contribution in [3.63, 3.8) is 0 Å². The van der Waals surface area contributed by atoms with Crippen LogP contribution in [0, 0.1) is 13.8 Å². The van der Waals surface area contributed by atoms with E-state index in [-0.39, 0.29) is 5.92 Å². The van der Waals surface area contributed by atoms with Gasteiger partial charge in [-0.15, -0.1) is 0 Å². The van der Waals surface area contributed by atoms with Crippen LogP contribution in [-0.2, 0) is 4.79 Å². The largest absolute Gasteiger partial charge is 0.299 e. The molecule has 0 aliphatic carbocycles. The lowest BCUT2D eigenvalue weighted by Gasteiger charge is -2.29. The molecule has 0 aromatic heterocycles. The molecule has 0 N–H and O–H groups in total. The first-order valence-electron chi connectivity index (χ1n) is 5.86. The first kappa shape index (κ1) is 11.3. The van der Waals surface area contributed by atoms with Crippen LogP contribution in [0.5, 0.6) is 0 Å². The summed E-state index contributed by atoms with van der Waals surface area (Å²) in [7, 11) is 2.01. The number of aryl methyl sites for hydroxylation is 2. The van der Waals surface area contributed by atoms with Gasteiger partial charge in [0.1, 0.15) is 0 Å². The van der Waals surface area contributed by atoms with Gasteiger partial charge in [-0.3, -0.25) is 9.69 Å². The summed E-state index contributed by atoms with van der Waals surface area (Å²) in [6, 6.07) is 6.40. The van der Waals surface area contributed by atoms with Crippen molar-refractivity contribution in [2.75, 3.05) is 20.1 Å². The van der Waals surface area contributed by atoms with Crippen LogP contribution in [0.1, 0.15) is 29.0 Å². The molecule has 2 nitrogen and oxygen atoms in total. The summed E-state index contributed by atoms with van der Waals surface area (Å²) in [5, 5.41) is 0. The fourth-order valence-corrected chi connectivity index (χ4v) is 2.43. The van der Waals surface area contributed by atoms with Crippen LogP contribution < -0.4 is 0 Å². The molecule has 1 fully saturated rings. The van der Waals surface area contributed by atoms with E-state index >= 15 is 0 Å². The van der Waals surface area contributed by atoms with Crippen LogP contribution in [0.4, 0.5) is 0 Å². The number of carbonyl (C=O) groups excluding carboxylic acids is 1. The smallest absolute Gasteiger partial charge is 0.154 e. The van der Waals surface area contributed by atoms with Crippen molar-refractivity contribution in [3.05, 3.63) is 34.9 Å². The maximum absolute atomic E-state index is 12.0. The number of piperidine rings is 1. The SMILES string of the molecule is Cc1ccc(C)c(C2CCN(C)CC2=O)c1. The maximum Gasteiger partial charge on any atom is 0.154 e. The van der Waals surface area contributed by atoms with Crippen molar-refractivity contribution < 1.29 is 4.79 Å². The molecule has 1 aromatic rings. The van der Waals surface area contributed by atoms with Gasteiger partial charge in [0.15, 0.2) is 5.78 Å². The molecule has 1 aliphatic rings. The Morgan fingerprint density at radius 2 is 2.06 bits per heavy atom. The number of ketones is 1. The molecule has 1 atom stereocenters. The highest BCUT2D eigenvalue weighted by molar-refractivity contribution is 5.88. The first-order chi connectivity index (χ1) is 7.58. The Morgan fingerprint density at radius 1 is 1.31 bits per heavy atom. The standard InChI is InChI=1S/C14H19NO/c1-10-4-5-11(2)13(8-10)12-6-7-15(3)9-14(12)16/h4-5,8,12H,6-7,9H2,1-3H3. The minimum atomic E-state index is 0.121. The fraction of sp³-hybridized carbons (Fsp3) is 0.500. The Bertz CT molecular complexity index is 411. The van der Waals surface area contributed by atoms with Crippen LogP contribution >= 0.6 is 0 Å². The van der Waals surface area contributed by atoms with E-state index in [1.807, 2.05) is 7.05 Å². The molecule has 1 unspecified atom stereocenters. The van der Waals surface area contributed by atoms with Crippen LogP contribution in [0.2, 0.25) is 0 Å². The highest BCUT2D eigenvalue weighted by Gasteiger charge is 2.27. The number of rotatable bonds is 1. The van der Waals surface area contributed by atoms with E-state index in [9.17, 15) is 4.79 Å². The van der Waals surface area contributed by atoms with Gasteiger partial charge in [0, 0.05) is 5.92 Å². The third-order valence-corrected chi connectivity index (χ3v) is 3.42. The molecule has 1 heterocycles. The molecular weight excluding hydrogens is 198 g/mol. The van der Waals surface area contributed by atoms with E-state index in [0.29, 0.717) is 12.3 Å². The van der Waals surface area contributed by atoms with E-state index in [1.165, 1.54) is 16.7 Å². The molecular formula is C14H19NO. The normalized spacial score (nSPS) is 22.4. The Morgan fingerprint density at radius 3 is 2.75 bits per heavy atom. The summed E-state index contributed by atoms with van der Waals surface area (Å²) >= 11 is 0. The minimum absolute atomic E-state index is 0.121. The van der Waals surface area contributed by atoms with Gasteiger partial charge in [0.2, 0.25) is 0 Å². The van der Waals surface area contributed by atoms with E-state index in [1.54, 1.807) is 0 Å². The second-order valence-electron chi connectivity index (χ2n) is 4.91. The highest BCUT2D eigenvalue weighted by Crippen LogP contribution is 2.28. The molecule has 2 rings (SSSR count). The zero-order chi connectivity index (χ0) is 11.7. The fourth-order valence-electron chi connectivity index (χ4n) is 2.43. The van der Waals surface area contributed by atoms with Crippen LogP contribution in [-0.4, -0.2) is 30.8 Å². The Balaban J connectivity index is 2.30. The molecule has 16 heavy (non-hydrogen) atoms. The van der Waals surface area contributed by atoms with Gasteiger partial charge in [-0.05, 0) is 45.0 Å². The molecule has 2 heteroatoms. The number of hydrogen-bond acceptors (Lipinski definition) is 2. The first-order valence-corrected chi connectivity index (χ1v) is 5.86. The maximum atomic E-state index is 12.0. The molecule has 1 saturated heterocycles. The summed E-state index contributed by atoms with van der Waals surface area (Å²) in [6.07, 6.45) is 0.958.